The molecule has 186 valence electrons. The second-order valence-electron chi connectivity index (χ2n) is 7.99. The number of ether oxygens (including phenoxy) is 2. The van der Waals surface area contributed by atoms with Gasteiger partial charge in [-0.1, -0.05) is 12.1 Å². The van der Waals surface area contributed by atoms with Crippen LogP contribution in [0.25, 0.3) is 0 Å². The zero-order valence-corrected chi connectivity index (χ0v) is 20.5. The quantitative estimate of drug-likeness (QED) is 0.396. The SMILES string of the molecule is O=C(Oc1ccc(NC2=NS(=O)(=O)c3ccccc32)cc1)c1ccc(S(=O)(=O)N2CCOCC2)cc1. The van der Waals surface area contributed by atoms with Gasteiger partial charge in [0.15, 0.2) is 5.84 Å². The summed E-state index contributed by atoms with van der Waals surface area (Å²) in [4.78, 5) is 12.8. The van der Waals surface area contributed by atoms with Crippen LogP contribution < -0.4 is 10.1 Å². The van der Waals surface area contributed by atoms with Crippen LogP contribution in [0.3, 0.4) is 0 Å². The molecule has 1 N–H and O–H groups in total. The van der Waals surface area contributed by atoms with Gasteiger partial charge in [0.25, 0.3) is 10.0 Å². The minimum atomic E-state index is -3.74. The third-order valence-corrected chi connectivity index (χ3v) is 8.90. The van der Waals surface area contributed by atoms with Crippen molar-refractivity contribution in [3.05, 3.63) is 83.9 Å². The maximum atomic E-state index is 12.7. The highest BCUT2D eigenvalue weighted by molar-refractivity contribution is 7.90. The van der Waals surface area contributed by atoms with E-state index in [1.165, 1.54) is 34.6 Å². The van der Waals surface area contributed by atoms with E-state index in [9.17, 15) is 21.6 Å². The number of rotatable bonds is 5. The number of nitrogens with zero attached hydrogens (tertiary/aromatic N) is 2. The molecule has 10 nitrogen and oxygen atoms in total. The Morgan fingerprint density at radius 3 is 2.31 bits per heavy atom. The van der Waals surface area contributed by atoms with E-state index >= 15 is 0 Å². The number of carbonyl (C=O) groups is 1. The van der Waals surface area contributed by atoms with Crippen LogP contribution in [-0.2, 0) is 24.8 Å². The van der Waals surface area contributed by atoms with Crippen molar-refractivity contribution in [1.29, 1.82) is 0 Å². The molecule has 1 fully saturated rings. The molecule has 0 radical (unpaired) electrons. The van der Waals surface area contributed by atoms with E-state index in [1.807, 2.05) is 0 Å². The zero-order valence-electron chi connectivity index (χ0n) is 18.8. The standard InChI is InChI=1S/C24H21N3O7S2/c28-24(17-5-11-20(12-6-17)36(31,32)27-13-15-33-16-14-27)34-19-9-7-18(8-10-19)25-23-21-3-1-2-4-22(21)35(29,30)26-23/h1-12H,13-16H2,(H,25,26). The van der Waals surface area contributed by atoms with Gasteiger partial charge in [-0.3, -0.25) is 0 Å². The van der Waals surface area contributed by atoms with Crippen LogP contribution in [-0.4, -0.2) is 59.2 Å². The highest BCUT2D eigenvalue weighted by Gasteiger charge is 2.29. The lowest BCUT2D eigenvalue weighted by molar-refractivity contribution is 0.0730. The summed E-state index contributed by atoms with van der Waals surface area (Å²) < 4.78 is 65.6. The Morgan fingerprint density at radius 2 is 1.61 bits per heavy atom. The largest absolute Gasteiger partial charge is 0.423 e. The first-order valence-corrected chi connectivity index (χ1v) is 13.8. The molecule has 5 rings (SSSR count). The second kappa shape index (κ2) is 9.47. The monoisotopic (exact) mass is 527 g/mol. The van der Waals surface area contributed by atoms with Crippen LogP contribution in [0.1, 0.15) is 15.9 Å². The highest BCUT2D eigenvalue weighted by atomic mass is 32.2. The molecule has 0 bridgehead atoms. The molecule has 2 aliphatic heterocycles. The first-order valence-electron chi connectivity index (χ1n) is 11.0. The zero-order chi connectivity index (χ0) is 25.3. The summed E-state index contributed by atoms with van der Waals surface area (Å²) in [5.41, 5.74) is 1.23. The number of esters is 1. The van der Waals surface area contributed by atoms with E-state index in [1.54, 1.807) is 42.5 Å². The first-order chi connectivity index (χ1) is 17.2. The fourth-order valence-corrected chi connectivity index (χ4v) is 6.39. The van der Waals surface area contributed by atoms with E-state index in [-0.39, 0.29) is 40.0 Å². The Morgan fingerprint density at radius 1 is 0.944 bits per heavy atom. The topological polar surface area (TPSA) is 131 Å². The summed E-state index contributed by atoms with van der Waals surface area (Å²) in [6.45, 7) is 1.26. The lowest BCUT2D eigenvalue weighted by atomic mass is 10.2. The number of benzene rings is 3. The number of anilines is 1. The van der Waals surface area contributed by atoms with Crippen molar-refractivity contribution < 1.29 is 31.1 Å². The van der Waals surface area contributed by atoms with E-state index in [0.29, 0.717) is 24.5 Å². The summed E-state index contributed by atoms with van der Waals surface area (Å²) in [7, 11) is -7.40. The molecule has 0 spiro atoms. The second-order valence-corrected chi connectivity index (χ2v) is 11.5. The molecule has 3 aromatic carbocycles. The molecular weight excluding hydrogens is 506 g/mol. The van der Waals surface area contributed by atoms with Crippen molar-refractivity contribution in [3.63, 3.8) is 0 Å². The fraction of sp³-hybridized carbons (Fsp3) is 0.167. The molecule has 0 saturated carbocycles. The molecule has 3 aromatic rings. The lowest BCUT2D eigenvalue weighted by Crippen LogP contribution is -2.40. The van der Waals surface area contributed by atoms with Gasteiger partial charge in [-0.05, 0) is 60.7 Å². The smallest absolute Gasteiger partial charge is 0.343 e. The molecule has 2 heterocycles. The van der Waals surface area contributed by atoms with E-state index in [4.69, 9.17) is 9.47 Å². The van der Waals surface area contributed by atoms with Gasteiger partial charge in [0, 0.05) is 24.3 Å². The van der Waals surface area contributed by atoms with Crippen LogP contribution in [0.2, 0.25) is 0 Å². The van der Waals surface area contributed by atoms with Gasteiger partial charge in [0.1, 0.15) is 10.6 Å². The number of morpholine rings is 1. The molecule has 0 aliphatic carbocycles. The van der Waals surface area contributed by atoms with Crippen LogP contribution in [0.5, 0.6) is 5.75 Å². The number of nitrogens with one attached hydrogen (secondary N) is 1. The molecule has 0 amide bonds. The van der Waals surface area contributed by atoms with Crippen molar-refractivity contribution in [2.75, 3.05) is 31.6 Å². The predicted molar refractivity (Wildman–Crippen MR) is 131 cm³/mol. The summed E-state index contributed by atoms with van der Waals surface area (Å²) >= 11 is 0. The molecular formula is C24H21N3O7S2. The Hall–Kier alpha value is -3.58. The van der Waals surface area contributed by atoms with Crippen LogP contribution in [0.15, 0.2) is 87.0 Å². The Labute approximate surface area is 208 Å². The molecule has 0 aromatic heterocycles. The summed E-state index contributed by atoms with van der Waals surface area (Å²) in [5, 5.41) is 2.97. The number of hydrogen-bond acceptors (Lipinski definition) is 8. The minimum absolute atomic E-state index is 0.0924. The predicted octanol–water partition coefficient (Wildman–Crippen LogP) is 2.49. The van der Waals surface area contributed by atoms with Gasteiger partial charge in [-0.2, -0.15) is 12.7 Å². The Kier molecular flexibility index (Phi) is 6.35. The van der Waals surface area contributed by atoms with Crippen molar-refractivity contribution in [1.82, 2.24) is 4.31 Å². The highest BCUT2D eigenvalue weighted by Crippen LogP contribution is 2.27. The maximum Gasteiger partial charge on any atom is 0.343 e. The normalized spacial score (nSPS) is 17.2. The van der Waals surface area contributed by atoms with Crippen molar-refractivity contribution >= 4 is 37.5 Å². The molecule has 0 atom stereocenters. The molecule has 1 saturated heterocycles. The van der Waals surface area contributed by atoms with Crippen molar-refractivity contribution in [2.24, 2.45) is 4.40 Å². The van der Waals surface area contributed by atoms with Crippen molar-refractivity contribution in [3.8, 4) is 5.75 Å². The molecule has 12 heteroatoms. The summed E-state index contributed by atoms with van der Waals surface area (Å²) in [6, 6.07) is 18.4. The molecule has 36 heavy (non-hydrogen) atoms. The van der Waals surface area contributed by atoms with Gasteiger partial charge in [0.05, 0.1) is 23.7 Å². The maximum absolute atomic E-state index is 12.7. The number of hydrogen-bond donors (Lipinski definition) is 1. The average molecular weight is 528 g/mol. The van der Waals surface area contributed by atoms with Gasteiger partial charge in [-0.25, -0.2) is 13.2 Å². The average Bonchev–Trinajstić information content (AvgIpc) is 3.15. The summed E-state index contributed by atoms with van der Waals surface area (Å²) in [6.07, 6.45) is 0. The Balaban J connectivity index is 1.24. The summed E-state index contributed by atoms with van der Waals surface area (Å²) in [5.74, 6) is -0.175. The first kappa shape index (κ1) is 24.1. The van der Waals surface area contributed by atoms with E-state index in [0.717, 1.165) is 0 Å². The van der Waals surface area contributed by atoms with Crippen LogP contribution in [0.4, 0.5) is 5.69 Å². The van der Waals surface area contributed by atoms with Crippen molar-refractivity contribution in [2.45, 2.75) is 9.79 Å². The Bertz CT molecular complexity index is 1540. The van der Waals surface area contributed by atoms with Crippen LogP contribution >= 0.6 is 0 Å². The number of fused-ring (bicyclic) bond motifs is 1. The number of sulfonamides is 2. The van der Waals surface area contributed by atoms with Gasteiger partial charge in [0.2, 0.25) is 10.0 Å². The molecule has 2 aliphatic rings. The number of carbonyl (C=O) groups excluding carboxylic acids is 1. The lowest BCUT2D eigenvalue weighted by Gasteiger charge is -2.26. The molecule has 0 unspecified atom stereocenters. The van der Waals surface area contributed by atoms with E-state index < -0.39 is 26.0 Å². The van der Waals surface area contributed by atoms with Gasteiger partial charge < -0.3 is 14.8 Å². The number of amidine groups is 1. The van der Waals surface area contributed by atoms with Crippen LogP contribution in [0, 0.1) is 0 Å². The third kappa shape index (κ3) is 4.75. The third-order valence-electron chi connectivity index (χ3n) is 5.66. The van der Waals surface area contributed by atoms with Gasteiger partial charge >= 0.3 is 5.97 Å². The fourth-order valence-electron chi connectivity index (χ4n) is 3.80. The van der Waals surface area contributed by atoms with Gasteiger partial charge in [-0.15, -0.1) is 4.40 Å². The van der Waals surface area contributed by atoms with E-state index in [2.05, 4.69) is 9.71 Å². The minimum Gasteiger partial charge on any atom is -0.423 e.